The molecule has 3 N–H and O–H groups in total. The molecule has 318 valence electrons. The number of carbonyl (C=O) groups excluding carboxylic acids is 2. The van der Waals surface area contributed by atoms with Crippen LogP contribution in [0.15, 0.2) is 60.0 Å². The zero-order valence-electron chi connectivity index (χ0n) is 31.9. The Morgan fingerprint density at radius 2 is 1.88 bits per heavy atom. The third-order valence-electron chi connectivity index (χ3n) is 9.81. The molecule has 3 aliphatic heterocycles. The monoisotopic (exact) mass is 902 g/mol. The van der Waals surface area contributed by atoms with Crippen molar-refractivity contribution in [3.8, 4) is 6.07 Å². The molecule has 2 amide bonds. The van der Waals surface area contributed by atoms with Gasteiger partial charge >= 0.3 is 321 Å². The Labute approximate surface area is 352 Å². The summed E-state index contributed by atoms with van der Waals surface area (Å²) in [5, 5.41) is 15.2. The average molecular weight is 903 g/mol. The van der Waals surface area contributed by atoms with Gasteiger partial charge in [-0.25, -0.2) is 0 Å². The number of H-pyrrole nitrogens is 1. The molecule has 21 nitrogen and oxygen atoms in total. The Kier molecular flexibility index (Phi) is 12.4. The quantitative estimate of drug-likeness (QED) is 0.0731. The third kappa shape index (κ3) is 9.15. The molecule has 7 atom stereocenters. The number of imidazole rings is 1. The molecule has 3 fully saturated rings. The zero-order chi connectivity index (χ0) is 42.2. The van der Waals surface area contributed by atoms with Crippen molar-refractivity contribution in [2.45, 2.75) is 70.0 Å². The maximum atomic E-state index is 14.0. The van der Waals surface area contributed by atoms with Gasteiger partial charge in [0.15, 0.2) is 0 Å². The number of fused-ring (bicyclic) bond motifs is 5. The van der Waals surface area contributed by atoms with Gasteiger partial charge in [-0.2, -0.15) is 0 Å². The van der Waals surface area contributed by atoms with Crippen LogP contribution < -0.4 is 16.2 Å². The summed E-state index contributed by atoms with van der Waals surface area (Å²) in [5.41, 5.74) is 0.294. The predicted molar refractivity (Wildman–Crippen MR) is 222 cm³/mol. The first-order chi connectivity index (χ1) is 28.8. The van der Waals surface area contributed by atoms with E-state index < -0.39 is 62.3 Å². The minimum absolute atomic E-state index is 0.0246. The minimum atomic E-state index is -4.20. The van der Waals surface area contributed by atoms with Crippen LogP contribution in [0.1, 0.15) is 55.9 Å². The topological polar surface area (TPSA) is 258 Å². The molecule has 1 aromatic carbocycles. The summed E-state index contributed by atoms with van der Waals surface area (Å²) in [6.07, 6.45) is -0.605. The van der Waals surface area contributed by atoms with Gasteiger partial charge in [-0.1, -0.05) is 32.0 Å². The summed E-state index contributed by atoms with van der Waals surface area (Å²) in [6.45, 7) is -1.36. The molecule has 7 heterocycles. The number of anilines is 2. The van der Waals surface area contributed by atoms with Crippen molar-refractivity contribution in [3.63, 3.8) is 0 Å². The fourth-order valence-electron chi connectivity index (χ4n) is 6.91. The van der Waals surface area contributed by atoms with Crippen molar-refractivity contribution in [1.29, 1.82) is 5.26 Å². The number of hydrogen-bond donors (Lipinski definition) is 5. The van der Waals surface area contributed by atoms with Crippen molar-refractivity contribution >= 4 is 84.2 Å². The van der Waals surface area contributed by atoms with E-state index >= 15 is 0 Å². The number of hydrogen-bond acceptors (Lipinski definition) is 17. The van der Waals surface area contributed by atoms with Gasteiger partial charge in [-0.05, 0) is 0 Å². The van der Waals surface area contributed by atoms with Crippen LogP contribution in [0.5, 0.6) is 0 Å². The van der Waals surface area contributed by atoms with Gasteiger partial charge in [-0.3, -0.25) is 0 Å². The van der Waals surface area contributed by atoms with Gasteiger partial charge in [0, 0.05) is 0 Å². The van der Waals surface area contributed by atoms with E-state index in [4.69, 9.17) is 44.3 Å². The fourth-order valence-corrected chi connectivity index (χ4v) is 10.9. The molecule has 3 saturated heterocycles. The number of nitrogens with one attached hydrogen (secondary N) is 3. The number of ether oxygens (including phenoxy) is 2. The van der Waals surface area contributed by atoms with Gasteiger partial charge < -0.3 is 0 Å². The standard InChI is InChI=1S/C35H40N10O11P2S2/c1-19(2)31(46)42-35-41-30-27(33(48)43-35)39-18-45(30)34-24-13-21(53-34)15-52-58(60,50-12-6-10-36)56-23-14-26(54-25(23)16-51-57(49,59)55-24)44-11-9-22-28(37-17-38-29(22)44)40-32(47)20-7-4-3-5-8-20/h3-5,7-9,11,17-19,21,23-26,34,58,60H,6,12-16H2,1-2H3,(H,49,59)(H,37,38,40,47)(H2,41,42,43,46,48)/t21?,23-,24+,25+,26+,34?,57?/m0/s1. The van der Waals surface area contributed by atoms with Crippen LogP contribution in [0, 0.1) is 17.2 Å². The number of benzene rings is 1. The zero-order valence-corrected chi connectivity index (χ0v) is 35.6. The van der Waals surface area contributed by atoms with Gasteiger partial charge in [0.05, 0.1) is 0 Å². The fraction of sp³-hybridized carbons (Fsp3) is 0.429. The Morgan fingerprint density at radius 1 is 1.07 bits per heavy atom. The second kappa shape index (κ2) is 17.6. The number of nitriles is 1. The molecule has 2 bridgehead atoms. The van der Waals surface area contributed by atoms with Gasteiger partial charge in [0.2, 0.25) is 0 Å². The number of aromatic nitrogens is 7. The van der Waals surface area contributed by atoms with E-state index in [9.17, 15) is 24.2 Å². The number of thiol groups is 2. The van der Waals surface area contributed by atoms with Gasteiger partial charge in [0.25, 0.3) is 0 Å². The Hall–Kier alpha value is -4.30. The normalized spacial score (nSPS) is 27.3. The van der Waals surface area contributed by atoms with E-state index in [1.807, 2.05) is 12.1 Å². The second-order valence-corrected chi connectivity index (χ2v) is 20.7. The van der Waals surface area contributed by atoms with Crippen LogP contribution in [0.2, 0.25) is 0 Å². The van der Waals surface area contributed by atoms with E-state index in [2.05, 4.69) is 47.8 Å². The van der Waals surface area contributed by atoms with Gasteiger partial charge in [-0.15, -0.1) is 0 Å². The van der Waals surface area contributed by atoms with E-state index in [0.717, 1.165) is 0 Å². The van der Waals surface area contributed by atoms with E-state index in [0.29, 0.717) is 22.4 Å². The molecule has 0 saturated carbocycles. The molecular weight excluding hydrogens is 863 g/mol. The van der Waals surface area contributed by atoms with E-state index in [1.54, 1.807) is 54.9 Å². The third-order valence-corrected chi connectivity index (χ3v) is 14.2. The first-order valence-corrected chi connectivity index (χ1v) is 24.5. The SMILES string of the molecule is CC(C)C(=O)Nc1nc2c(ncn2C2OC3CO[PH](S)(OCCC#N)O[C@H]4C[C@H](n5ccc6c(NC(=O)c7ccccc7)ncnc65)O[C@@H]4COP(=O)(S)O[C@@H]2C3)c(=O)[nH]1. The molecule has 0 aliphatic carbocycles. The molecule has 25 heteroatoms. The van der Waals surface area contributed by atoms with Crippen LogP contribution >= 0.6 is 38.4 Å². The molecule has 5 aromatic rings. The molecule has 60 heavy (non-hydrogen) atoms. The summed E-state index contributed by atoms with van der Waals surface area (Å²) in [6, 6.07) is 12.5. The summed E-state index contributed by atoms with van der Waals surface area (Å²) in [7, 11) is -3.93. The molecular formula is C35H40N10O11P2S2. The Morgan fingerprint density at radius 3 is 2.67 bits per heavy atom. The second-order valence-electron chi connectivity index (χ2n) is 14.3. The molecule has 3 unspecified atom stereocenters. The van der Waals surface area contributed by atoms with Crippen LogP contribution in [0.25, 0.3) is 22.2 Å². The van der Waals surface area contributed by atoms with Crippen molar-refractivity contribution < 1.29 is 46.2 Å². The number of amides is 2. The number of aromatic amines is 1. The summed E-state index contributed by atoms with van der Waals surface area (Å²) in [5.74, 6) is -0.928. The predicted octanol–water partition coefficient (Wildman–Crippen LogP) is 5.11. The molecule has 8 rings (SSSR count). The summed E-state index contributed by atoms with van der Waals surface area (Å²) >= 11 is 9.12. The average Bonchev–Trinajstić information content (AvgIpc) is 4.02. The Bertz CT molecular complexity index is 2560. The van der Waals surface area contributed by atoms with Crippen molar-refractivity contribution in [1.82, 2.24) is 34.1 Å². The summed E-state index contributed by atoms with van der Waals surface area (Å²) in [4.78, 5) is 58.3. The van der Waals surface area contributed by atoms with E-state index in [-0.39, 0.29) is 68.0 Å². The van der Waals surface area contributed by atoms with Crippen LogP contribution in [-0.4, -0.2) is 90.1 Å². The summed E-state index contributed by atoms with van der Waals surface area (Å²) < 4.78 is 60.8. The number of nitrogens with zero attached hydrogens (tertiary/aromatic N) is 7. The van der Waals surface area contributed by atoms with Crippen molar-refractivity contribution in [3.05, 3.63) is 71.2 Å². The van der Waals surface area contributed by atoms with Crippen LogP contribution in [-0.2, 0) is 41.5 Å². The van der Waals surface area contributed by atoms with E-state index in [1.165, 1.54) is 17.2 Å². The maximum absolute atomic E-state index is 14.0. The van der Waals surface area contributed by atoms with Crippen LogP contribution in [0.3, 0.4) is 0 Å². The molecule has 4 aromatic heterocycles. The van der Waals surface area contributed by atoms with Crippen LogP contribution in [0.4, 0.5) is 11.8 Å². The van der Waals surface area contributed by atoms with Gasteiger partial charge in [0.1, 0.15) is 0 Å². The molecule has 0 radical (unpaired) electrons. The Balaban J connectivity index is 1.06. The molecule has 3 aliphatic rings. The van der Waals surface area contributed by atoms with Crippen molar-refractivity contribution in [2.75, 3.05) is 30.5 Å². The first kappa shape index (κ1) is 42.4. The first-order valence-electron chi connectivity index (χ1n) is 18.8. The van der Waals surface area contributed by atoms with Crippen molar-refractivity contribution in [2.24, 2.45) is 5.92 Å². The molecule has 0 spiro atoms. The number of carbonyl (C=O) groups is 2. The number of rotatable bonds is 9.